The van der Waals surface area contributed by atoms with Crippen LogP contribution < -0.4 is 5.32 Å². The van der Waals surface area contributed by atoms with Gasteiger partial charge in [0.2, 0.25) is 0 Å². The number of nitrogens with zero attached hydrogens (tertiary/aromatic N) is 2. The maximum Gasteiger partial charge on any atom is 0.255 e. The highest BCUT2D eigenvalue weighted by molar-refractivity contribution is 5.95. The van der Waals surface area contributed by atoms with Gasteiger partial charge in [-0.15, -0.1) is 0 Å². The van der Waals surface area contributed by atoms with E-state index in [-0.39, 0.29) is 18.1 Å². The summed E-state index contributed by atoms with van der Waals surface area (Å²) < 4.78 is 1.89. The molecule has 0 aliphatic rings. The van der Waals surface area contributed by atoms with Crippen LogP contribution in [0.15, 0.2) is 6.20 Å². The molecule has 1 heterocycles. The van der Waals surface area contributed by atoms with E-state index in [1.54, 1.807) is 6.20 Å². The van der Waals surface area contributed by atoms with Gasteiger partial charge in [-0.25, -0.2) is 0 Å². The maximum atomic E-state index is 12.4. The molecule has 1 atom stereocenters. The fourth-order valence-electron chi connectivity index (χ4n) is 2.19. The van der Waals surface area contributed by atoms with Crippen LogP contribution in [-0.2, 0) is 6.54 Å². The van der Waals surface area contributed by atoms with E-state index in [0.717, 1.165) is 25.1 Å². The molecule has 0 spiro atoms. The van der Waals surface area contributed by atoms with Crippen molar-refractivity contribution in [1.82, 2.24) is 15.1 Å². The molecule has 0 aliphatic carbocycles. The number of aliphatic hydroxyl groups is 1. The molecule has 0 fully saturated rings. The fourth-order valence-corrected chi connectivity index (χ4v) is 2.19. The van der Waals surface area contributed by atoms with Crippen LogP contribution in [0.25, 0.3) is 0 Å². The lowest BCUT2D eigenvalue weighted by atomic mass is 9.94. The lowest BCUT2D eigenvalue weighted by Crippen LogP contribution is -2.46. The third-order valence-electron chi connectivity index (χ3n) is 4.13. The predicted molar refractivity (Wildman–Crippen MR) is 84.3 cm³/mol. The Hall–Kier alpha value is -1.36. The van der Waals surface area contributed by atoms with E-state index in [1.807, 2.05) is 25.5 Å². The first-order valence-corrected chi connectivity index (χ1v) is 7.78. The van der Waals surface area contributed by atoms with Crippen molar-refractivity contribution in [2.45, 2.75) is 66.0 Å². The first-order valence-electron chi connectivity index (χ1n) is 7.78. The molecule has 1 unspecified atom stereocenters. The van der Waals surface area contributed by atoms with Gasteiger partial charge in [0.15, 0.2) is 0 Å². The summed E-state index contributed by atoms with van der Waals surface area (Å²) in [6, 6.07) is 0. The molecule has 1 amide bonds. The van der Waals surface area contributed by atoms with E-state index < -0.39 is 0 Å². The minimum Gasteiger partial charge on any atom is -0.396 e. The second-order valence-corrected chi connectivity index (χ2v) is 6.39. The largest absolute Gasteiger partial charge is 0.396 e. The number of nitrogens with one attached hydrogen (secondary N) is 1. The number of amides is 1. The average molecular weight is 295 g/mol. The molecule has 120 valence electrons. The molecule has 0 aromatic carbocycles. The molecule has 0 saturated heterocycles. The minimum atomic E-state index is -0.377. The number of carbonyl (C=O) groups is 1. The Labute approximate surface area is 127 Å². The van der Waals surface area contributed by atoms with Crippen LogP contribution in [0.3, 0.4) is 0 Å². The van der Waals surface area contributed by atoms with Crippen molar-refractivity contribution in [1.29, 1.82) is 0 Å². The summed E-state index contributed by atoms with van der Waals surface area (Å²) in [4.78, 5) is 12.4. The highest BCUT2D eigenvalue weighted by Gasteiger charge is 2.25. The maximum absolute atomic E-state index is 12.4. The molecule has 0 aliphatic heterocycles. The summed E-state index contributed by atoms with van der Waals surface area (Å²) in [7, 11) is 0. The summed E-state index contributed by atoms with van der Waals surface area (Å²) in [5.41, 5.74) is 1.14. The third kappa shape index (κ3) is 4.84. The van der Waals surface area contributed by atoms with E-state index in [9.17, 15) is 4.79 Å². The van der Waals surface area contributed by atoms with Crippen LogP contribution in [0.2, 0.25) is 0 Å². The second-order valence-electron chi connectivity index (χ2n) is 6.39. The predicted octanol–water partition coefficient (Wildman–Crippen LogP) is 2.52. The summed E-state index contributed by atoms with van der Waals surface area (Å²) in [6.07, 6.45) is 4.01. The van der Waals surface area contributed by atoms with Crippen molar-refractivity contribution in [2.24, 2.45) is 5.92 Å². The molecule has 5 nitrogen and oxygen atoms in total. The van der Waals surface area contributed by atoms with Gasteiger partial charge in [0.1, 0.15) is 0 Å². The van der Waals surface area contributed by atoms with Crippen LogP contribution >= 0.6 is 0 Å². The monoisotopic (exact) mass is 295 g/mol. The Morgan fingerprint density at radius 3 is 2.71 bits per heavy atom. The number of rotatable bonds is 8. The van der Waals surface area contributed by atoms with Crippen LogP contribution in [0.4, 0.5) is 0 Å². The van der Waals surface area contributed by atoms with Crippen LogP contribution in [0.5, 0.6) is 0 Å². The molecular weight excluding hydrogens is 266 g/mol. The molecule has 1 aromatic heterocycles. The summed E-state index contributed by atoms with van der Waals surface area (Å²) in [5.74, 6) is 0.500. The smallest absolute Gasteiger partial charge is 0.255 e. The molecule has 21 heavy (non-hydrogen) atoms. The zero-order chi connectivity index (χ0) is 16.0. The van der Waals surface area contributed by atoms with Crippen molar-refractivity contribution >= 4 is 5.91 Å². The van der Waals surface area contributed by atoms with E-state index in [1.165, 1.54) is 0 Å². The van der Waals surface area contributed by atoms with Crippen molar-refractivity contribution in [3.8, 4) is 0 Å². The van der Waals surface area contributed by atoms with E-state index >= 15 is 0 Å². The number of aryl methyl sites for hydroxylation is 1. The number of hydrogen-bond acceptors (Lipinski definition) is 3. The standard InChI is InChI=1S/C16H29N3O2/c1-6-16(5,8-10-20)18-15(21)14-11-17-19(13(14)4)9-7-12(2)3/h11-12,20H,6-10H2,1-5H3,(H,18,21). The number of carbonyl (C=O) groups excluding carboxylic acids is 1. The van der Waals surface area contributed by atoms with Crippen molar-refractivity contribution in [3.05, 3.63) is 17.5 Å². The Kier molecular flexibility index (Phi) is 6.40. The Bertz CT molecular complexity index is 468. The zero-order valence-electron chi connectivity index (χ0n) is 13.9. The van der Waals surface area contributed by atoms with Crippen LogP contribution in [-0.4, -0.2) is 32.9 Å². The Balaban J connectivity index is 2.79. The number of hydrogen-bond donors (Lipinski definition) is 2. The fraction of sp³-hybridized carbons (Fsp3) is 0.750. The van der Waals surface area contributed by atoms with Gasteiger partial charge in [0.25, 0.3) is 5.91 Å². The lowest BCUT2D eigenvalue weighted by Gasteiger charge is -2.28. The van der Waals surface area contributed by atoms with Crippen molar-refractivity contribution in [3.63, 3.8) is 0 Å². The van der Waals surface area contributed by atoms with Gasteiger partial charge in [0, 0.05) is 24.4 Å². The highest BCUT2D eigenvalue weighted by atomic mass is 16.3. The van der Waals surface area contributed by atoms with Gasteiger partial charge in [0.05, 0.1) is 11.8 Å². The molecule has 0 bridgehead atoms. The number of aromatic nitrogens is 2. The normalized spacial score (nSPS) is 14.2. The van der Waals surface area contributed by atoms with Gasteiger partial charge in [-0.2, -0.15) is 5.10 Å². The van der Waals surface area contributed by atoms with Crippen molar-refractivity contribution < 1.29 is 9.90 Å². The molecular formula is C16H29N3O2. The van der Waals surface area contributed by atoms with Crippen LogP contribution in [0, 0.1) is 12.8 Å². The summed E-state index contributed by atoms with van der Waals surface area (Å²) in [6.45, 7) is 11.1. The molecule has 1 aromatic rings. The Morgan fingerprint density at radius 2 is 2.19 bits per heavy atom. The molecule has 5 heteroatoms. The average Bonchev–Trinajstić information content (AvgIpc) is 2.78. The molecule has 0 radical (unpaired) electrons. The first kappa shape index (κ1) is 17.7. The van der Waals surface area contributed by atoms with Gasteiger partial charge >= 0.3 is 0 Å². The van der Waals surface area contributed by atoms with Gasteiger partial charge in [-0.05, 0) is 39.0 Å². The second kappa shape index (κ2) is 7.59. The van der Waals surface area contributed by atoms with Crippen molar-refractivity contribution in [2.75, 3.05) is 6.61 Å². The molecule has 0 saturated carbocycles. The topological polar surface area (TPSA) is 67.2 Å². The lowest BCUT2D eigenvalue weighted by molar-refractivity contribution is 0.0885. The minimum absolute atomic E-state index is 0.0667. The van der Waals surface area contributed by atoms with E-state index in [2.05, 4.69) is 24.3 Å². The summed E-state index contributed by atoms with van der Waals surface area (Å²) in [5, 5.41) is 16.5. The SMILES string of the molecule is CCC(C)(CCO)NC(=O)c1cnn(CCC(C)C)c1C. The quantitative estimate of drug-likeness (QED) is 0.774. The van der Waals surface area contributed by atoms with Gasteiger partial charge in [-0.3, -0.25) is 9.48 Å². The van der Waals surface area contributed by atoms with Gasteiger partial charge in [-0.1, -0.05) is 20.8 Å². The summed E-state index contributed by atoms with van der Waals surface area (Å²) >= 11 is 0. The van der Waals surface area contributed by atoms with E-state index in [4.69, 9.17) is 5.11 Å². The van der Waals surface area contributed by atoms with Gasteiger partial charge < -0.3 is 10.4 Å². The number of aliphatic hydroxyl groups excluding tert-OH is 1. The zero-order valence-corrected chi connectivity index (χ0v) is 13.9. The third-order valence-corrected chi connectivity index (χ3v) is 4.13. The Morgan fingerprint density at radius 1 is 1.52 bits per heavy atom. The van der Waals surface area contributed by atoms with E-state index in [0.29, 0.717) is 17.9 Å². The van der Waals surface area contributed by atoms with Crippen LogP contribution in [0.1, 0.15) is 63.0 Å². The first-order chi connectivity index (χ1) is 9.83. The highest BCUT2D eigenvalue weighted by Crippen LogP contribution is 2.16. The molecule has 2 N–H and O–H groups in total. The molecule has 1 rings (SSSR count).